The van der Waals surface area contributed by atoms with Crippen LogP contribution in [0.25, 0.3) is 0 Å². The molecule has 2 aliphatic rings. The number of amides is 2. The maximum absolute atomic E-state index is 12.3. The van der Waals surface area contributed by atoms with E-state index < -0.39 is 0 Å². The summed E-state index contributed by atoms with van der Waals surface area (Å²) in [5.41, 5.74) is 0. The molecule has 0 spiro atoms. The number of hydrogen-bond acceptors (Lipinski definition) is 3. The number of pyridine rings is 1. The predicted molar refractivity (Wildman–Crippen MR) is 67.1 cm³/mol. The molecular formula is C13H11ClN2O2. The number of fused-ring (bicyclic) bond motifs is 1. The van der Waals surface area contributed by atoms with Gasteiger partial charge in [0.05, 0.1) is 17.2 Å². The summed E-state index contributed by atoms with van der Waals surface area (Å²) in [7, 11) is 0. The number of anilines is 1. The van der Waals surface area contributed by atoms with E-state index in [0.29, 0.717) is 12.2 Å². The number of alkyl halides is 1. The van der Waals surface area contributed by atoms with Crippen LogP contribution in [0.2, 0.25) is 0 Å². The number of carbonyl (C=O) groups excluding carboxylic acids is 2. The molecule has 1 fully saturated rings. The topological polar surface area (TPSA) is 50.3 Å². The second-order valence-electron chi connectivity index (χ2n) is 4.47. The van der Waals surface area contributed by atoms with Crippen molar-refractivity contribution in [3.63, 3.8) is 0 Å². The second-order valence-corrected chi connectivity index (χ2v) is 5.03. The highest BCUT2D eigenvalue weighted by Gasteiger charge is 2.49. The van der Waals surface area contributed by atoms with Crippen molar-refractivity contribution < 1.29 is 9.59 Å². The van der Waals surface area contributed by atoms with Gasteiger partial charge in [0.25, 0.3) is 0 Å². The summed E-state index contributed by atoms with van der Waals surface area (Å²) in [6.45, 7) is 0. The largest absolute Gasteiger partial charge is 0.274 e. The van der Waals surface area contributed by atoms with Gasteiger partial charge in [-0.05, 0) is 18.6 Å². The summed E-state index contributed by atoms with van der Waals surface area (Å²) >= 11 is 6.01. The van der Waals surface area contributed by atoms with E-state index in [0.717, 1.165) is 0 Å². The first-order valence-electron chi connectivity index (χ1n) is 5.79. The summed E-state index contributed by atoms with van der Waals surface area (Å²) in [6.07, 6.45) is 5.61. The molecule has 18 heavy (non-hydrogen) atoms. The molecule has 3 rings (SSSR count). The van der Waals surface area contributed by atoms with Gasteiger partial charge in [-0.25, -0.2) is 9.88 Å². The van der Waals surface area contributed by atoms with Crippen molar-refractivity contribution in [1.82, 2.24) is 4.98 Å². The maximum Gasteiger partial charge on any atom is 0.242 e. The van der Waals surface area contributed by atoms with Crippen LogP contribution >= 0.6 is 11.6 Å². The lowest BCUT2D eigenvalue weighted by atomic mass is 9.86. The van der Waals surface area contributed by atoms with Crippen molar-refractivity contribution in [2.75, 3.05) is 4.90 Å². The summed E-state index contributed by atoms with van der Waals surface area (Å²) in [6, 6.07) is 5.16. The number of rotatable bonds is 1. The molecular weight excluding hydrogens is 252 g/mol. The Morgan fingerprint density at radius 3 is 2.78 bits per heavy atom. The summed E-state index contributed by atoms with van der Waals surface area (Å²) in [4.78, 5) is 29.7. The molecule has 1 aliphatic heterocycles. The normalized spacial score (nSPS) is 30.7. The quantitative estimate of drug-likeness (QED) is 0.440. The second kappa shape index (κ2) is 4.21. The van der Waals surface area contributed by atoms with Gasteiger partial charge in [-0.3, -0.25) is 9.59 Å². The van der Waals surface area contributed by atoms with Crippen LogP contribution in [-0.4, -0.2) is 22.2 Å². The molecule has 1 saturated heterocycles. The highest BCUT2D eigenvalue weighted by Crippen LogP contribution is 2.37. The number of hydrogen-bond donors (Lipinski definition) is 0. The van der Waals surface area contributed by atoms with Gasteiger partial charge in [0.1, 0.15) is 5.82 Å². The van der Waals surface area contributed by atoms with E-state index in [1.54, 1.807) is 36.5 Å². The van der Waals surface area contributed by atoms with Gasteiger partial charge in [-0.2, -0.15) is 0 Å². The van der Waals surface area contributed by atoms with Gasteiger partial charge in [0, 0.05) is 6.20 Å². The van der Waals surface area contributed by atoms with Crippen LogP contribution in [0.5, 0.6) is 0 Å². The minimum Gasteiger partial charge on any atom is -0.274 e. The van der Waals surface area contributed by atoms with Gasteiger partial charge in [0.15, 0.2) is 0 Å². The number of allylic oxidation sites excluding steroid dienone is 1. The van der Waals surface area contributed by atoms with Crippen molar-refractivity contribution in [2.45, 2.75) is 11.8 Å². The Hall–Kier alpha value is -1.68. The Morgan fingerprint density at radius 1 is 1.22 bits per heavy atom. The van der Waals surface area contributed by atoms with Crippen LogP contribution < -0.4 is 4.90 Å². The first-order valence-corrected chi connectivity index (χ1v) is 6.23. The van der Waals surface area contributed by atoms with Gasteiger partial charge in [0.2, 0.25) is 11.8 Å². The van der Waals surface area contributed by atoms with Crippen molar-refractivity contribution in [3.8, 4) is 0 Å². The van der Waals surface area contributed by atoms with Crippen molar-refractivity contribution in [3.05, 3.63) is 36.5 Å². The highest BCUT2D eigenvalue weighted by atomic mass is 35.5. The Morgan fingerprint density at radius 2 is 2.06 bits per heavy atom. The van der Waals surface area contributed by atoms with E-state index in [1.807, 2.05) is 0 Å². The molecule has 2 amide bonds. The molecule has 1 aromatic rings. The summed E-state index contributed by atoms with van der Waals surface area (Å²) in [5, 5.41) is -0.174. The molecule has 4 nitrogen and oxygen atoms in total. The van der Waals surface area contributed by atoms with E-state index in [-0.39, 0.29) is 29.0 Å². The van der Waals surface area contributed by atoms with E-state index in [2.05, 4.69) is 4.98 Å². The van der Waals surface area contributed by atoms with Gasteiger partial charge in [-0.15, -0.1) is 11.6 Å². The van der Waals surface area contributed by atoms with E-state index in [1.165, 1.54) is 4.90 Å². The molecule has 1 aliphatic carbocycles. The minimum absolute atomic E-state index is 0.174. The third kappa shape index (κ3) is 1.64. The minimum atomic E-state index is -0.380. The van der Waals surface area contributed by atoms with Crippen LogP contribution in [-0.2, 0) is 9.59 Å². The molecule has 92 valence electrons. The Labute approximate surface area is 109 Å². The predicted octanol–water partition coefficient (Wildman–Crippen LogP) is 1.75. The van der Waals surface area contributed by atoms with E-state index in [4.69, 9.17) is 11.6 Å². The van der Waals surface area contributed by atoms with Gasteiger partial charge in [-0.1, -0.05) is 18.2 Å². The van der Waals surface area contributed by atoms with Crippen molar-refractivity contribution in [1.29, 1.82) is 0 Å². The molecule has 0 radical (unpaired) electrons. The number of aromatic nitrogens is 1. The average Bonchev–Trinajstić information content (AvgIpc) is 2.63. The Bertz CT molecular complexity index is 529. The molecule has 5 heteroatoms. The molecule has 0 bridgehead atoms. The maximum atomic E-state index is 12.3. The van der Waals surface area contributed by atoms with Gasteiger partial charge < -0.3 is 0 Å². The zero-order valence-corrected chi connectivity index (χ0v) is 10.2. The highest BCUT2D eigenvalue weighted by molar-refractivity contribution is 6.25. The smallest absolute Gasteiger partial charge is 0.242 e. The SMILES string of the molecule is O=C1C2C=CC(Cl)CC2C(=O)N1c1ccccn1. The molecule has 1 aromatic heterocycles. The summed E-state index contributed by atoms with van der Waals surface area (Å²) in [5.74, 6) is -0.731. The average molecular weight is 263 g/mol. The lowest BCUT2D eigenvalue weighted by molar-refractivity contribution is -0.122. The van der Waals surface area contributed by atoms with Crippen LogP contribution in [0, 0.1) is 11.8 Å². The summed E-state index contributed by atoms with van der Waals surface area (Å²) < 4.78 is 0. The van der Waals surface area contributed by atoms with E-state index >= 15 is 0 Å². The Balaban J connectivity index is 1.98. The third-order valence-electron chi connectivity index (χ3n) is 3.36. The van der Waals surface area contributed by atoms with Crippen LogP contribution in [0.3, 0.4) is 0 Å². The molecule has 2 heterocycles. The fourth-order valence-corrected chi connectivity index (χ4v) is 2.76. The first-order chi connectivity index (χ1) is 8.68. The van der Waals surface area contributed by atoms with Crippen molar-refractivity contribution >= 4 is 29.2 Å². The number of imide groups is 1. The third-order valence-corrected chi connectivity index (χ3v) is 3.69. The fourth-order valence-electron chi connectivity index (χ4n) is 2.49. The van der Waals surface area contributed by atoms with E-state index in [9.17, 15) is 9.59 Å². The standard InChI is InChI=1S/C13H11ClN2O2/c14-8-4-5-9-10(7-8)13(18)16(12(9)17)11-3-1-2-6-15-11/h1-6,8-10H,7H2. The first kappa shape index (κ1) is 11.4. The Kier molecular flexibility index (Phi) is 2.67. The molecule has 3 unspecified atom stereocenters. The molecule has 0 aromatic carbocycles. The van der Waals surface area contributed by atoms with Crippen LogP contribution in [0.15, 0.2) is 36.5 Å². The molecule has 0 N–H and O–H groups in total. The molecule has 3 atom stereocenters. The number of nitrogens with zero attached hydrogens (tertiary/aromatic N) is 2. The van der Waals surface area contributed by atoms with Crippen LogP contribution in [0.1, 0.15) is 6.42 Å². The van der Waals surface area contributed by atoms with Crippen molar-refractivity contribution in [2.24, 2.45) is 11.8 Å². The lowest BCUT2D eigenvalue weighted by Gasteiger charge is -2.18. The molecule has 0 saturated carbocycles. The zero-order chi connectivity index (χ0) is 12.7. The number of halogens is 1. The van der Waals surface area contributed by atoms with Crippen LogP contribution in [0.4, 0.5) is 5.82 Å². The van der Waals surface area contributed by atoms with Gasteiger partial charge >= 0.3 is 0 Å². The monoisotopic (exact) mass is 262 g/mol. The zero-order valence-electron chi connectivity index (χ0n) is 9.49. The lowest BCUT2D eigenvalue weighted by Crippen LogP contribution is -2.31. The fraction of sp³-hybridized carbons (Fsp3) is 0.308. The number of carbonyl (C=O) groups is 2.